The molecule has 0 heterocycles. The first-order valence-electron chi connectivity index (χ1n) is 8.08. The lowest BCUT2D eigenvalue weighted by Crippen LogP contribution is -1.98. The minimum Gasteiger partial charge on any atom is -0.148 e. The van der Waals surface area contributed by atoms with Crippen molar-refractivity contribution in [3.05, 3.63) is 0 Å². The van der Waals surface area contributed by atoms with E-state index in [2.05, 4.69) is 44.3 Å². The molecule has 0 aliphatic rings. The van der Waals surface area contributed by atoms with Crippen LogP contribution in [-0.4, -0.2) is 16.1 Å². The Morgan fingerprint density at radius 2 is 1.06 bits per heavy atom. The number of unbranched alkanes of at least 4 members (excludes halogenated alkanes) is 8. The Balaban J connectivity index is 3.21. The summed E-state index contributed by atoms with van der Waals surface area (Å²) in [6, 6.07) is 0. The maximum absolute atomic E-state index is 2.29. The van der Waals surface area contributed by atoms with Crippen LogP contribution in [0.5, 0.6) is 0 Å². The number of thioether (sulfide) groups is 2. The summed E-state index contributed by atoms with van der Waals surface area (Å²) in [7, 11) is 0. The molecule has 0 aliphatic carbocycles. The molecule has 0 rings (SSSR count). The van der Waals surface area contributed by atoms with Crippen molar-refractivity contribution in [3.8, 4) is 0 Å². The van der Waals surface area contributed by atoms with Crippen LogP contribution in [0.15, 0.2) is 0 Å². The van der Waals surface area contributed by atoms with Gasteiger partial charge in [0.25, 0.3) is 0 Å². The highest BCUT2D eigenvalue weighted by molar-refractivity contribution is 8.16. The normalized spacial score (nSPS) is 11.3. The summed E-state index contributed by atoms with van der Waals surface area (Å²) in [6.45, 7) is 6.85. The predicted octanol–water partition coefficient (Wildman–Crippen LogP) is 6.74. The highest BCUT2D eigenvalue weighted by Crippen LogP contribution is 2.28. The van der Waals surface area contributed by atoms with Crippen LogP contribution in [0.2, 0.25) is 0 Å². The molecule has 0 fully saturated rings. The summed E-state index contributed by atoms with van der Waals surface area (Å²) < 4.78 is 0.865. The highest BCUT2D eigenvalue weighted by Gasteiger charge is 2.06. The van der Waals surface area contributed by atoms with Crippen LogP contribution >= 0.6 is 23.5 Å². The molecule has 2 heteroatoms. The zero-order valence-corrected chi connectivity index (χ0v) is 14.5. The molecule has 0 aliphatic heterocycles. The molecule has 0 aromatic rings. The van der Waals surface area contributed by atoms with E-state index in [1.54, 1.807) is 0 Å². The summed E-state index contributed by atoms with van der Waals surface area (Å²) in [5, 5.41) is 0. The molecule has 0 saturated heterocycles. The zero-order chi connectivity index (χ0) is 13.5. The molecule has 0 bridgehead atoms. The minimum atomic E-state index is 0.865. The van der Waals surface area contributed by atoms with E-state index in [1.807, 2.05) is 0 Å². The van der Waals surface area contributed by atoms with Crippen molar-refractivity contribution in [2.24, 2.45) is 0 Å². The van der Waals surface area contributed by atoms with Gasteiger partial charge in [-0.3, -0.25) is 0 Å². The van der Waals surface area contributed by atoms with Crippen molar-refractivity contribution in [2.75, 3.05) is 11.5 Å². The number of rotatable bonds is 14. The Hall–Kier alpha value is 0.700. The van der Waals surface area contributed by atoms with E-state index in [9.17, 15) is 0 Å². The lowest BCUT2D eigenvalue weighted by atomic mass is 10.1. The van der Waals surface area contributed by atoms with E-state index < -0.39 is 0 Å². The summed E-state index contributed by atoms with van der Waals surface area (Å²) in [4.78, 5) is 0. The molecule has 0 atom stereocenters. The van der Waals surface area contributed by atoms with Gasteiger partial charge in [0.2, 0.25) is 0 Å². The van der Waals surface area contributed by atoms with Gasteiger partial charge in [-0.05, 0) is 17.9 Å². The van der Waals surface area contributed by atoms with Crippen molar-refractivity contribution < 1.29 is 0 Å². The van der Waals surface area contributed by atoms with Crippen LogP contribution < -0.4 is 0 Å². The fraction of sp³-hybridized carbons (Fsp3) is 1.00. The van der Waals surface area contributed by atoms with Gasteiger partial charge in [0.05, 0.1) is 4.58 Å². The summed E-state index contributed by atoms with van der Waals surface area (Å²) in [5.74, 6) is 2.55. The van der Waals surface area contributed by atoms with E-state index in [-0.39, 0.29) is 0 Å². The van der Waals surface area contributed by atoms with Gasteiger partial charge in [0, 0.05) is 0 Å². The largest absolute Gasteiger partial charge is 0.148 e. The first-order valence-corrected chi connectivity index (χ1v) is 10.2. The third-order valence-corrected chi connectivity index (χ3v) is 5.95. The molecule has 0 aromatic heterocycles. The Morgan fingerprint density at radius 3 is 1.50 bits per heavy atom. The predicted molar refractivity (Wildman–Crippen MR) is 91.9 cm³/mol. The lowest BCUT2D eigenvalue weighted by molar-refractivity contribution is 0.561. The van der Waals surface area contributed by atoms with Gasteiger partial charge in [0.15, 0.2) is 0 Å². The van der Waals surface area contributed by atoms with Crippen LogP contribution in [-0.2, 0) is 0 Å². The fourth-order valence-electron chi connectivity index (χ4n) is 2.21. The van der Waals surface area contributed by atoms with Crippen LogP contribution in [0.4, 0.5) is 0 Å². The van der Waals surface area contributed by atoms with E-state index in [4.69, 9.17) is 0 Å². The third kappa shape index (κ3) is 13.1. The van der Waals surface area contributed by atoms with Gasteiger partial charge in [-0.1, -0.05) is 78.6 Å². The molecule has 18 heavy (non-hydrogen) atoms. The number of hydrogen-bond donors (Lipinski definition) is 0. The highest BCUT2D eigenvalue weighted by atomic mass is 32.2. The molecule has 0 spiro atoms. The SMILES string of the molecule is CCCCCCCCCCCC(SCC)SCC. The molecule has 0 saturated carbocycles. The second-order valence-electron chi connectivity index (χ2n) is 4.96. The van der Waals surface area contributed by atoms with Crippen molar-refractivity contribution in [1.82, 2.24) is 0 Å². The maximum atomic E-state index is 2.29. The molecule has 110 valence electrons. The standard InChI is InChI=1S/C16H34S2/c1-4-7-8-9-10-11-12-13-14-15-16(17-5-2)18-6-3/h16H,4-15H2,1-3H3. The molecule has 0 N–H and O–H groups in total. The molecule has 0 radical (unpaired) electrons. The van der Waals surface area contributed by atoms with Gasteiger partial charge in [0.1, 0.15) is 0 Å². The molecule has 0 nitrogen and oxygen atoms in total. The van der Waals surface area contributed by atoms with Crippen LogP contribution in [0.25, 0.3) is 0 Å². The van der Waals surface area contributed by atoms with Crippen molar-refractivity contribution in [2.45, 2.75) is 89.6 Å². The average Bonchev–Trinajstić information content (AvgIpc) is 2.37. The Bertz CT molecular complexity index is 142. The van der Waals surface area contributed by atoms with Gasteiger partial charge in [-0.2, -0.15) is 0 Å². The zero-order valence-electron chi connectivity index (χ0n) is 12.9. The van der Waals surface area contributed by atoms with Gasteiger partial charge in [-0.15, -0.1) is 23.5 Å². The summed E-state index contributed by atoms with van der Waals surface area (Å²) >= 11 is 4.28. The van der Waals surface area contributed by atoms with Gasteiger partial charge < -0.3 is 0 Å². The van der Waals surface area contributed by atoms with E-state index in [0.717, 1.165) is 4.58 Å². The first-order chi connectivity index (χ1) is 8.85. The first kappa shape index (κ1) is 18.7. The van der Waals surface area contributed by atoms with Crippen LogP contribution in [0.1, 0.15) is 85.0 Å². The van der Waals surface area contributed by atoms with Crippen LogP contribution in [0.3, 0.4) is 0 Å². The van der Waals surface area contributed by atoms with E-state index in [0.29, 0.717) is 0 Å². The molecule has 0 unspecified atom stereocenters. The maximum Gasteiger partial charge on any atom is 0.0502 e. The average molecular weight is 291 g/mol. The van der Waals surface area contributed by atoms with E-state index >= 15 is 0 Å². The second kappa shape index (κ2) is 15.8. The smallest absolute Gasteiger partial charge is 0.0502 e. The molecular formula is C16H34S2. The number of hydrogen-bond acceptors (Lipinski definition) is 2. The Kier molecular flexibility index (Phi) is 16.4. The van der Waals surface area contributed by atoms with E-state index in [1.165, 1.54) is 75.7 Å². The van der Waals surface area contributed by atoms with Crippen molar-refractivity contribution in [1.29, 1.82) is 0 Å². The fourth-order valence-corrected chi connectivity index (χ4v) is 4.82. The van der Waals surface area contributed by atoms with Crippen molar-refractivity contribution in [3.63, 3.8) is 0 Å². The molecule has 0 amide bonds. The van der Waals surface area contributed by atoms with Crippen LogP contribution in [0, 0.1) is 0 Å². The minimum absolute atomic E-state index is 0.865. The third-order valence-electron chi connectivity index (χ3n) is 3.25. The lowest BCUT2D eigenvalue weighted by Gasteiger charge is -2.13. The van der Waals surface area contributed by atoms with Gasteiger partial charge in [-0.25, -0.2) is 0 Å². The Labute approximate surface area is 124 Å². The monoisotopic (exact) mass is 290 g/mol. The molecular weight excluding hydrogens is 256 g/mol. The summed E-state index contributed by atoms with van der Waals surface area (Å²) in [5.41, 5.74) is 0. The second-order valence-corrected chi connectivity index (χ2v) is 8.22. The quantitative estimate of drug-likeness (QED) is 0.257. The van der Waals surface area contributed by atoms with Crippen molar-refractivity contribution >= 4 is 23.5 Å². The van der Waals surface area contributed by atoms with Gasteiger partial charge >= 0.3 is 0 Å². The Morgan fingerprint density at radius 1 is 0.611 bits per heavy atom. The molecule has 0 aromatic carbocycles. The topological polar surface area (TPSA) is 0 Å². The summed E-state index contributed by atoms with van der Waals surface area (Å²) in [6.07, 6.45) is 14.5.